The van der Waals surface area contributed by atoms with Gasteiger partial charge in [0.25, 0.3) is 0 Å². The highest BCUT2D eigenvalue weighted by Crippen LogP contribution is 2.39. The Hall–Kier alpha value is -2.36. The largest absolute Gasteiger partial charge is 0.289 e. The van der Waals surface area contributed by atoms with Crippen molar-refractivity contribution in [3.63, 3.8) is 0 Å². The lowest BCUT2D eigenvalue weighted by Crippen LogP contribution is -2.22. The van der Waals surface area contributed by atoms with E-state index in [-0.39, 0.29) is 11.6 Å². The van der Waals surface area contributed by atoms with Gasteiger partial charge in [-0.25, -0.2) is 0 Å². The maximum absolute atomic E-state index is 13.0. The van der Waals surface area contributed by atoms with E-state index in [1.807, 2.05) is 30.3 Å². The topological polar surface area (TPSA) is 34.1 Å². The fraction of sp³-hybridized carbons (Fsp3) is 0. The molecule has 3 aromatic rings. The summed E-state index contributed by atoms with van der Waals surface area (Å²) in [6.45, 7) is 0. The average Bonchev–Trinajstić information content (AvgIpc) is 2.62. The van der Waals surface area contributed by atoms with E-state index in [0.29, 0.717) is 27.3 Å². The third-order valence-corrected chi connectivity index (χ3v) is 5.34. The zero-order valence-corrected chi connectivity index (χ0v) is 14.0. The molecule has 0 heterocycles. The molecule has 0 N–H and O–H groups in total. The molecule has 4 heteroatoms. The third kappa shape index (κ3) is 2.37. The van der Waals surface area contributed by atoms with Crippen LogP contribution in [-0.4, -0.2) is 11.6 Å². The molecule has 4 rings (SSSR count). The maximum Gasteiger partial charge on any atom is 0.196 e. The van der Waals surface area contributed by atoms with Crippen LogP contribution in [0.5, 0.6) is 0 Å². The first-order valence-electron chi connectivity index (χ1n) is 7.40. The molecule has 24 heavy (non-hydrogen) atoms. The second-order valence-electron chi connectivity index (χ2n) is 5.41. The van der Waals surface area contributed by atoms with E-state index in [4.69, 9.17) is 11.6 Å². The SMILES string of the molecule is O=C1c2ccccc2C(=O)c2c(Sc3ccccc3)ccc(Cl)c21. The van der Waals surface area contributed by atoms with E-state index in [9.17, 15) is 9.59 Å². The van der Waals surface area contributed by atoms with Crippen molar-refractivity contribution in [1.82, 2.24) is 0 Å². The van der Waals surface area contributed by atoms with Gasteiger partial charge in [0.15, 0.2) is 11.6 Å². The molecule has 0 saturated carbocycles. The molecule has 3 aromatic carbocycles. The Balaban J connectivity index is 1.92. The van der Waals surface area contributed by atoms with Crippen LogP contribution in [0, 0.1) is 0 Å². The molecule has 0 radical (unpaired) electrons. The van der Waals surface area contributed by atoms with Crippen LogP contribution in [-0.2, 0) is 0 Å². The van der Waals surface area contributed by atoms with Gasteiger partial charge >= 0.3 is 0 Å². The van der Waals surface area contributed by atoms with Crippen LogP contribution in [0.25, 0.3) is 0 Å². The quantitative estimate of drug-likeness (QED) is 0.494. The van der Waals surface area contributed by atoms with Crippen molar-refractivity contribution in [3.05, 3.63) is 94.0 Å². The van der Waals surface area contributed by atoms with E-state index in [2.05, 4.69) is 0 Å². The summed E-state index contributed by atoms with van der Waals surface area (Å²) in [6, 6.07) is 20.1. The molecule has 116 valence electrons. The van der Waals surface area contributed by atoms with Gasteiger partial charge in [-0.1, -0.05) is 65.8 Å². The summed E-state index contributed by atoms with van der Waals surface area (Å²) in [7, 11) is 0. The van der Waals surface area contributed by atoms with E-state index in [0.717, 1.165) is 9.79 Å². The summed E-state index contributed by atoms with van der Waals surface area (Å²) in [5, 5.41) is 0.315. The Morgan fingerprint density at radius 2 is 1.25 bits per heavy atom. The number of hydrogen-bond acceptors (Lipinski definition) is 3. The Labute approximate surface area is 148 Å². The minimum absolute atomic E-state index is 0.152. The van der Waals surface area contributed by atoms with Crippen LogP contribution < -0.4 is 0 Å². The van der Waals surface area contributed by atoms with Crippen LogP contribution in [0.2, 0.25) is 5.02 Å². The summed E-state index contributed by atoms with van der Waals surface area (Å²) < 4.78 is 0. The van der Waals surface area contributed by atoms with Crippen molar-refractivity contribution in [1.29, 1.82) is 0 Å². The van der Waals surface area contributed by atoms with Gasteiger partial charge in [-0.15, -0.1) is 0 Å². The molecular weight excluding hydrogens is 340 g/mol. The van der Waals surface area contributed by atoms with E-state index >= 15 is 0 Å². The standard InChI is InChI=1S/C20H11ClO2S/c21-15-10-11-16(24-12-6-2-1-3-7-12)18-17(15)19(22)13-8-4-5-9-14(13)20(18)23/h1-11H. The molecule has 0 atom stereocenters. The lowest BCUT2D eigenvalue weighted by Gasteiger charge is -2.20. The first kappa shape index (κ1) is 15.2. The van der Waals surface area contributed by atoms with Gasteiger partial charge in [0.1, 0.15) is 0 Å². The molecule has 1 aliphatic carbocycles. The average molecular weight is 351 g/mol. The van der Waals surface area contributed by atoms with Gasteiger partial charge in [-0.05, 0) is 24.3 Å². The monoisotopic (exact) mass is 350 g/mol. The second kappa shape index (κ2) is 5.93. The maximum atomic E-state index is 13.0. The van der Waals surface area contributed by atoms with E-state index in [1.165, 1.54) is 11.8 Å². The van der Waals surface area contributed by atoms with Crippen molar-refractivity contribution < 1.29 is 9.59 Å². The number of rotatable bonds is 2. The van der Waals surface area contributed by atoms with Crippen molar-refractivity contribution in [2.45, 2.75) is 9.79 Å². The van der Waals surface area contributed by atoms with Crippen LogP contribution in [0.3, 0.4) is 0 Å². The van der Waals surface area contributed by atoms with Gasteiger partial charge < -0.3 is 0 Å². The van der Waals surface area contributed by atoms with Crippen molar-refractivity contribution in [3.8, 4) is 0 Å². The van der Waals surface area contributed by atoms with Gasteiger partial charge in [-0.3, -0.25) is 9.59 Å². The molecule has 0 aliphatic heterocycles. The van der Waals surface area contributed by atoms with Crippen molar-refractivity contribution >= 4 is 34.9 Å². The molecular formula is C20H11ClO2S. The Kier molecular flexibility index (Phi) is 3.75. The minimum Gasteiger partial charge on any atom is -0.289 e. The summed E-state index contributed by atoms with van der Waals surface area (Å²) >= 11 is 7.72. The number of carbonyl (C=O) groups excluding carboxylic acids is 2. The molecule has 0 bridgehead atoms. The molecule has 0 unspecified atom stereocenters. The minimum atomic E-state index is -0.194. The van der Waals surface area contributed by atoms with Gasteiger partial charge in [0.05, 0.1) is 10.6 Å². The summed E-state index contributed by atoms with van der Waals surface area (Å²) in [5.41, 5.74) is 1.56. The van der Waals surface area contributed by atoms with Crippen LogP contribution in [0.15, 0.2) is 76.5 Å². The summed E-state index contributed by atoms with van der Waals surface area (Å²) in [6.07, 6.45) is 0. The first-order chi connectivity index (χ1) is 11.7. The Morgan fingerprint density at radius 3 is 1.92 bits per heavy atom. The fourth-order valence-corrected chi connectivity index (χ4v) is 4.08. The Morgan fingerprint density at radius 1 is 0.667 bits per heavy atom. The van der Waals surface area contributed by atoms with Crippen molar-refractivity contribution in [2.24, 2.45) is 0 Å². The number of hydrogen-bond donors (Lipinski definition) is 0. The molecule has 0 aromatic heterocycles. The molecule has 1 aliphatic rings. The van der Waals surface area contributed by atoms with Gasteiger partial charge in [-0.2, -0.15) is 0 Å². The number of halogens is 1. The lowest BCUT2D eigenvalue weighted by atomic mass is 9.84. The highest BCUT2D eigenvalue weighted by molar-refractivity contribution is 7.99. The molecule has 2 nitrogen and oxygen atoms in total. The smallest absolute Gasteiger partial charge is 0.196 e. The normalized spacial score (nSPS) is 12.7. The molecule has 0 spiro atoms. The number of ketones is 2. The second-order valence-corrected chi connectivity index (χ2v) is 6.94. The van der Waals surface area contributed by atoms with Crippen molar-refractivity contribution in [2.75, 3.05) is 0 Å². The van der Waals surface area contributed by atoms with Gasteiger partial charge in [0, 0.05) is 26.5 Å². The summed E-state index contributed by atoms with van der Waals surface area (Å²) in [4.78, 5) is 27.6. The van der Waals surface area contributed by atoms with E-state index in [1.54, 1.807) is 36.4 Å². The molecule has 0 fully saturated rings. The predicted molar refractivity (Wildman–Crippen MR) is 95.3 cm³/mol. The highest BCUT2D eigenvalue weighted by Gasteiger charge is 2.33. The Bertz CT molecular complexity index is 980. The number of benzene rings is 3. The third-order valence-electron chi connectivity index (χ3n) is 3.96. The molecule has 0 amide bonds. The van der Waals surface area contributed by atoms with Crippen LogP contribution in [0.1, 0.15) is 31.8 Å². The number of carbonyl (C=O) groups is 2. The molecule has 0 saturated heterocycles. The van der Waals surface area contributed by atoms with Gasteiger partial charge in [0.2, 0.25) is 0 Å². The first-order valence-corrected chi connectivity index (χ1v) is 8.60. The van der Waals surface area contributed by atoms with E-state index < -0.39 is 0 Å². The fourth-order valence-electron chi connectivity index (χ4n) is 2.85. The lowest BCUT2D eigenvalue weighted by molar-refractivity contribution is 0.0977. The zero-order valence-electron chi connectivity index (χ0n) is 12.5. The summed E-state index contributed by atoms with van der Waals surface area (Å²) in [5.74, 6) is -0.346. The zero-order chi connectivity index (χ0) is 16.7. The van der Waals surface area contributed by atoms with Crippen LogP contribution in [0.4, 0.5) is 0 Å². The predicted octanol–water partition coefficient (Wildman–Crippen LogP) is 5.27. The number of fused-ring (bicyclic) bond motifs is 2. The highest BCUT2D eigenvalue weighted by atomic mass is 35.5. The van der Waals surface area contributed by atoms with Crippen LogP contribution >= 0.6 is 23.4 Å².